The minimum Gasteiger partial charge on any atom is -0.357 e. The fraction of sp³-hybridized carbons (Fsp3) is 0.286. The molecule has 4 rings (SSSR count). The van der Waals surface area contributed by atoms with Crippen molar-refractivity contribution < 1.29 is 4.39 Å². The summed E-state index contributed by atoms with van der Waals surface area (Å²) < 4.78 is 13.8. The van der Waals surface area contributed by atoms with E-state index in [1.807, 2.05) is 17.2 Å². The lowest BCUT2D eigenvalue weighted by atomic mass is 10.3. The van der Waals surface area contributed by atoms with Crippen LogP contribution in [0.25, 0.3) is 11.0 Å². The van der Waals surface area contributed by atoms with E-state index in [4.69, 9.17) is 0 Å². The molecule has 0 radical (unpaired) electrons. The standard InChI is InChI=1S/C14H14FN7/c15-10-7-16-8-19-13(10)21-3-5-22(6-4-21)14-12-11(1-2-17-12)18-9-20-14/h1-2,7-9,17H,3-6H2. The van der Waals surface area contributed by atoms with Gasteiger partial charge in [-0.05, 0) is 6.07 Å². The Morgan fingerprint density at radius 3 is 2.45 bits per heavy atom. The van der Waals surface area contributed by atoms with Crippen LogP contribution in [0.2, 0.25) is 0 Å². The Labute approximate surface area is 125 Å². The molecule has 0 unspecified atom stereocenters. The zero-order chi connectivity index (χ0) is 14.9. The summed E-state index contributed by atoms with van der Waals surface area (Å²) in [7, 11) is 0. The van der Waals surface area contributed by atoms with Gasteiger partial charge in [0.15, 0.2) is 17.5 Å². The van der Waals surface area contributed by atoms with Crippen LogP contribution in [0, 0.1) is 5.82 Å². The minimum atomic E-state index is -0.384. The summed E-state index contributed by atoms with van der Waals surface area (Å²) in [5.74, 6) is 0.866. The van der Waals surface area contributed by atoms with Gasteiger partial charge in [0.05, 0.1) is 11.7 Å². The van der Waals surface area contributed by atoms with Gasteiger partial charge in [0.1, 0.15) is 18.2 Å². The second-order valence-electron chi connectivity index (χ2n) is 5.10. The summed E-state index contributed by atoms with van der Waals surface area (Å²) in [4.78, 5) is 23.6. The van der Waals surface area contributed by atoms with E-state index in [1.54, 1.807) is 6.33 Å². The molecular formula is C14H14FN7. The molecule has 1 aliphatic rings. The highest BCUT2D eigenvalue weighted by molar-refractivity contribution is 5.85. The van der Waals surface area contributed by atoms with Crippen molar-refractivity contribution in [3.05, 3.63) is 36.9 Å². The summed E-state index contributed by atoms with van der Waals surface area (Å²) in [5.41, 5.74) is 1.83. The van der Waals surface area contributed by atoms with Crippen LogP contribution < -0.4 is 9.80 Å². The second-order valence-corrected chi connectivity index (χ2v) is 5.10. The van der Waals surface area contributed by atoms with Crippen LogP contribution >= 0.6 is 0 Å². The largest absolute Gasteiger partial charge is 0.357 e. The van der Waals surface area contributed by atoms with Crippen molar-refractivity contribution in [3.63, 3.8) is 0 Å². The average Bonchev–Trinajstić information content (AvgIpc) is 3.04. The predicted octanol–water partition coefficient (Wildman–Crippen LogP) is 1.21. The Balaban J connectivity index is 1.55. The summed E-state index contributed by atoms with van der Waals surface area (Å²) in [6.45, 7) is 2.85. The van der Waals surface area contributed by atoms with Gasteiger partial charge in [0.25, 0.3) is 0 Å². The molecule has 7 nitrogen and oxygen atoms in total. The lowest BCUT2D eigenvalue weighted by Gasteiger charge is -2.36. The SMILES string of the molecule is Fc1cncnc1N1CCN(c2ncnc3cc[nH]c23)CC1. The van der Waals surface area contributed by atoms with Crippen LogP contribution in [0.15, 0.2) is 31.1 Å². The Hall–Kier alpha value is -2.77. The average molecular weight is 299 g/mol. The molecule has 3 aromatic heterocycles. The van der Waals surface area contributed by atoms with E-state index in [2.05, 4.69) is 29.8 Å². The molecule has 3 aromatic rings. The molecule has 0 saturated carbocycles. The highest BCUT2D eigenvalue weighted by Crippen LogP contribution is 2.23. The first kappa shape index (κ1) is 12.9. The Morgan fingerprint density at radius 1 is 0.955 bits per heavy atom. The van der Waals surface area contributed by atoms with Gasteiger partial charge in [0, 0.05) is 32.4 Å². The first-order valence-corrected chi connectivity index (χ1v) is 7.06. The molecule has 0 bridgehead atoms. The quantitative estimate of drug-likeness (QED) is 0.767. The normalized spacial score (nSPS) is 15.5. The fourth-order valence-corrected chi connectivity index (χ4v) is 2.77. The number of aromatic amines is 1. The Kier molecular flexibility index (Phi) is 3.06. The van der Waals surface area contributed by atoms with E-state index >= 15 is 0 Å². The van der Waals surface area contributed by atoms with Gasteiger partial charge < -0.3 is 14.8 Å². The molecule has 4 heterocycles. The summed E-state index contributed by atoms with van der Waals surface area (Å²) in [5, 5.41) is 0. The summed E-state index contributed by atoms with van der Waals surface area (Å²) >= 11 is 0. The lowest BCUT2D eigenvalue weighted by Crippen LogP contribution is -2.47. The molecule has 112 valence electrons. The number of halogens is 1. The van der Waals surface area contributed by atoms with Gasteiger partial charge in [-0.25, -0.2) is 24.3 Å². The second kappa shape index (κ2) is 5.21. The number of hydrogen-bond donors (Lipinski definition) is 1. The number of H-pyrrole nitrogens is 1. The van der Waals surface area contributed by atoms with Crippen molar-refractivity contribution in [1.29, 1.82) is 0 Å². The van der Waals surface area contributed by atoms with Crippen LogP contribution in [-0.4, -0.2) is 51.1 Å². The molecule has 1 N–H and O–H groups in total. The Morgan fingerprint density at radius 2 is 1.68 bits per heavy atom. The van der Waals surface area contributed by atoms with E-state index in [-0.39, 0.29) is 5.82 Å². The van der Waals surface area contributed by atoms with Crippen molar-refractivity contribution in [2.75, 3.05) is 36.0 Å². The molecule has 1 aliphatic heterocycles. The van der Waals surface area contributed by atoms with Gasteiger partial charge in [-0.15, -0.1) is 0 Å². The summed E-state index contributed by atoms with van der Waals surface area (Å²) in [6.07, 6.45) is 6.00. The number of anilines is 2. The molecule has 0 spiro atoms. The van der Waals surface area contributed by atoms with Gasteiger partial charge in [-0.2, -0.15) is 0 Å². The number of hydrogen-bond acceptors (Lipinski definition) is 6. The van der Waals surface area contributed by atoms with E-state index in [1.165, 1.54) is 12.5 Å². The first-order chi connectivity index (χ1) is 10.8. The zero-order valence-corrected chi connectivity index (χ0v) is 11.8. The minimum absolute atomic E-state index is 0.363. The van der Waals surface area contributed by atoms with E-state index in [9.17, 15) is 4.39 Å². The van der Waals surface area contributed by atoms with Crippen molar-refractivity contribution in [2.45, 2.75) is 0 Å². The van der Waals surface area contributed by atoms with Crippen molar-refractivity contribution in [3.8, 4) is 0 Å². The summed E-state index contributed by atoms with van der Waals surface area (Å²) in [6, 6.07) is 1.92. The monoisotopic (exact) mass is 299 g/mol. The van der Waals surface area contributed by atoms with Crippen LogP contribution in [0.3, 0.4) is 0 Å². The van der Waals surface area contributed by atoms with Crippen LogP contribution in [-0.2, 0) is 0 Å². The van der Waals surface area contributed by atoms with Gasteiger partial charge in [0.2, 0.25) is 0 Å². The van der Waals surface area contributed by atoms with Gasteiger partial charge in [-0.3, -0.25) is 0 Å². The number of fused-ring (bicyclic) bond motifs is 1. The molecule has 22 heavy (non-hydrogen) atoms. The highest BCUT2D eigenvalue weighted by atomic mass is 19.1. The van der Waals surface area contributed by atoms with Gasteiger partial charge in [-0.1, -0.05) is 0 Å². The van der Waals surface area contributed by atoms with E-state index in [0.717, 1.165) is 29.9 Å². The van der Waals surface area contributed by atoms with Gasteiger partial charge >= 0.3 is 0 Å². The third kappa shape index (κ3) is 2.12. The van der Waals surface area contributed by atoms with Crippen molar-refractivity contribution >= 4 is 22.7 Å². The predicted molar refractivity (Wildman–Crippen MR) is 80.3 cm³/mol. The maximum atomic E-state index is 13.8. The number of nitrogens with one attached hydrogen (secondary N) is 1. The number of rotatable bonds is 2. The molecule has 0 aliphatic carbocycles. The molecule has 0 amide bonds. The third-order valence-electron chi connectivity index (χ3n) is 3.85. The maximum Gasteiger partial charge on any atom is 0.183 e. The Bertz CT molecular complexity index is 794. The zero-order valence-electron chi connectivity index (χ0n) is 11.8. The molecule has 0 atom stereocenters. The smallest absolute Gasteiger partial charge is 0.183 e. The number of nitrogens with zero attached hydrogens (tertiary/aromatic N) is 6. The molecular weight excluding hydrogens is 285 g/mol. The third-order valence-corrected chi connectivity index (χ3v) is 3.85. The lowest BCUT2D eigenvalue weighted by molar-refractivity contribution is 0.581. The molecule has 0 aromatic carbocycles. The molecule has 1 fully saturated rings. The van der Waals surface area contributed by atoms with Crippen LogP contribution in [0.4, 0.5) is 16.0 Å². The first-order valence-electron chi connectivity index (χ1n) is 7.06. The van der Waals surface area contributed by atoms with Crippen LogP contribution in [0.1, 0.15) is 0 Å². The topological polar surface area (TPSA) is 73.8 Å². The maximum absolute atomic E-state index is 13.8. The van der Waals surface area contributed by atoms with Crippen molar-refractivity contribution in [1.82, 2.24) is 24.9 Å². The van der Waals surface area contributed by atoms with E-state index in [0.29, 0.717) is 18.9 Å². The number of piperazine rings is 1. The number of aromatic nitrogens is 5. The van der Waals surface area contributed by atoms with E-state index < -0.39 is 0 Å². The van der Waals surface area contributed by atoms with Crippen LogP contribution in [0.5, 0.6) is 0 Å². The fourth-order valence-electron chi connectivity index (χ4n) is 2.77. The highest BCUT2D eigenvalue weighted by Gasteiger charge is 2.22. The molecule has 1 saturated heterocycles. The molecule has 8 heteroatoms. The van der Waals surface area contributed by atoms with Crippen molar-refractivity contribution in [2.24, 2.45) is 0 Å².